The van der Waals surface area contributed by atoms with E-state index in [1.54, 1.807) is 24.1 Å². The Hall–Kier alpha value is -4.12. The summed E-state index contributed by atoms with van der Waals surface area (Å²) >= 11 is 0. The van der Waals surface area contributed by atoms with E-state index in [-0.39, 0.29) is 44.2 Å². The Balaban J connectivity index is 1.69. The Labute approximate surface area is 302 Å². The molecule has 2 N–H and O–H groups in total. The van der Waals surface area contributed by atoms with Crippen molar-refractivity contribution in [2.45, 2.75) is 76.2 Å². The van der Waals surface area contributed by atoms with Crippen LogP contribution in [0.5, 0.6) is 11.5 Å². The molecule has 6 atom stereocenters. The molecular weight excluding hydrogens is 648 g/mol. The number of nitrogens with zero attached hydrogens (tertiary/aromatic N) is 2. The molecule has 10 heteroatoms. The Kier molecular flexibility index (Phi) is 13.7. The van der Waals surface area contributed by atoms with E-state index in [4.69, 9.17) is 23.8 Å². The zero-order valence-electron chi connectivity index (χ0n) is 30.1. The van der Waals surface area contributed by atoms with Gasteiger partial charge < -0.3 is 38.9 Å². The number of ether oxygens (including phenoxy) is 4. The van der Waals surface area contributed by atoms with Crippen molar-refractivity contribution >= 4 is 11.8 Å². The number of benzene rings is 2. The molecule has 51 heavy (non-hydrogen) atoms. The number of oxime groups is 1. The Morgan fingerprint density at radius 2 is 1.78 bits per heavy atom. The molecule has 276 valence electrons. The van der Waals surface area contributed by atoms with Crippen molar-refractivity contribution in [1.82, 2.24) is 4.90 Å². The Bertz CT molecular complexity index is 1530. The van der Waals surface area contributed by atoms with Crippen LogP contribution in [0.25, 0.3) is 0 Å². The molecule has 2 aliphatic carbocycles. The number of unbranched alkanes of at least 4 members (excludes halogenated alkanes) is 2. The predicted molar refractivity (Wildman–Crippen MR) is 197 cm³/mol. The summed E-state index contributed by atoms with van der Waals surface area (Å²) in [5.74, 6) is -0.231. The van der Waals surface area contributed by atoms with E-state index >= 15 is 0 Å². The quantitative estimate of drug-likeness (QED) is 0.0899. The van der Waals surface area contributed by atoms with Crippen LogP contribution < -0.4 is 9.47 Å². The molecule has 0 spiro atoms. The lowest BCUT2D eigenvalue weighted by molar-refractivity contribution is -0.253. The zero-order valence-corrected chi connectivity index (χ0v) is 30.1. The van der Waals surface area contributed by atoms with Gasteiger partial charge in [-0.05, 0) is 73.8 Å². The topological polar surface area (TPSA) is 119 Å². The molecule has 1 fully saturated rings. The van der Waals surface area contributed by atoms with Crippen LogP contribution in [-0.4, -0.2) is 78.8 Å². The summed E-state index contributed by atoms with van der Waals surface area (Å²) in [6.45, 7) is 11.0. The molecule has 0 saturated heterocycles. The van der Waals surface area contributed by atoms with Crippen LogP contribution in [0.1, 0.15) is 68.9 Å². The minimum atomic E-state index is -1.34. The molecule has 1 amide bonds. The van der Waals surface area contributed by atoms with E-state index in [2.05, 4.69) is 30.5 Å². The molecule has 0 radical (unpaired) electrons. The lowest BCUT2D eigenvalue weighted by atomic mass is 9.55. The summed E-state index contributed by atoms with van der Waals surface area (Å²) in [5, 5.41) is 24.2. The fourth-order valence-electron chi connectivity index (χ4n) is 8.06. The maximum Gasteiger partial charge on any atom is 0.410 e. The smallest absolute Gasteiger partial charge is 0.410 e. The van der Waals surface area contributed by atoms with Gasteiger partial charge in [0.2, 0.25) is 5.79 Å². The van der Waals surface area contributed by atoms with Crippen molar-refractivity contribution < 1.29 is 38.8 Å². The summed E-state index contributed by atoms with van der Waals surface area (Å²) in [5.41, 5.74) is 3.60. The van der Waals surface area contributed by atoms with Gasteiger partial charge in [0.1, 0.15) is 37.4 Å². The number of allylic oxidation sites excluding steroid dienone is 1. The van der Waals surface area contributed by atoms with Crippen LogP contribution in [-0.2, 0) is 20.9 Å². The van der Waals surface area contributed by atoms with E-state index in [1.807, 2.05) is 49.4 Å². The number of amides is 1. The normalized spacial score (nSPS) is 25.5. The first-order chi connectivity index (χ1) is 24.9. The van der Waals surface area contributed by atoms with Gasteiger partial charge in [-0.15, -0.1) is 6.58 Å². The van der Waals surface area contributed by atoms with Crippen LogP contribution in [0.2, 0.25) is 0 Å². The van der Waals surface area contributed by atoms with E-state index in [0.717, 1.165) is 48.1 Å². The second kappa shape index (κ2) is 18.4. The third kappa shape index (κ3) is 8.51. The van der Waals surface area contributed by atoms with E-state index in [0.29, 0.717) is 44.0 Å². The van der Waals surface area contributed by atoms with Gasteiger partial charge in [-0.25, -0.2) is 4.79 Å². The number of hydrogen-bond acceptors (Lipinski definition) is 9. The van der Waals surface area contributed by atoms with Crippen molar-refractivity contribution in [1.29, 1.82) is 0 Å². The summed E-state index contributed by atoms with van der Waals surface area (Å²) in [6.07, 6.45) is 10.3. The number of rotatable bonds is 19. The largest absolute Gasteiger partial charge is 0.490 e. The second-order valence-corrected chi connectivity index (χ2v) is 13.4. The minimum absolute atomic E-state index is 0.117. The van der Waals surface area contributed by atoms with E-state index in [9.17, 15) is 15.0 Å². The standard InChI is InChI=1S/C41H54N2O8/c1-5-23-47-31-19-20-36-34(26-31)38-32(18-12-14-22-45)30(17-11-13-21-44)25-33-35(42-50-7-3)27-37(41(51-36,39(33)38)49-24-6-2)43(4)40(46)48-28-29-15-9-8-10-16-29/h5-6,8-10,15-16,19-20,25-26,30,32,37-39,44-45H,1-2,7,11-14,17-18,21-24,27-28H2,3-4H3. The fourth-order valence-corrected chi connectivity index (χ4v) is 8.06. The van der Waals surface area contributed by atoms with Gasteiger partial charge in [-0.2, -0.15) is 0 Å². The third-order valence-electron chi connectivity index (χ3n) is 10.3. The second-order valence-electron chi connectivity index (χ2n) is 13.4. The van der Waals surface area contributed by atoms with Crippen LogP contribution >= 0.6 is 0 Å². The maximum atomic E-state index is 13.9. The van der Waals surface area contributed by atoms with Crippen LogP contribution in [0.15, 0.2) is 90.6 Å². The highest BCUT2D eigenvalue weighted by molar-refractivity contribution is 6.02. The van der Waals surface area contributed by atoms with Crippen molar-refractivity contribution in [3.63, 3.8) is 0 Å². The van der Waals surface area contributed by atoms with Crippen LogP contribution in [0.4, 0.5) is 4.79 Å². The van der Waals surface area contributed by atoms with Crippen LogP contribution in [0, 0.1) is 17.8 Å². The highest BCUT2D eigenvalue weighted by atomic mass is 16.7. The van der Waals surface area contributed by atoms with Crippen molar-refractivity contribution in [2.24, 2.45) is 22.9 Å². The van der Waals surface area contributed by atoms with Crippen molar-refractivity contribution in [3.05, 3.63) is 96.6 Å². The number of hydrogen-bond donors (Lipinski definition) is 2. The molecule has 1 aliphatic heterocycles. The highest BCUT2D eigenvalue weighted by Crippen LogP contribution is 2.61. The number of aliphatic hydroxyl groups is 2. The monoisotopic (exact) mass is 702 g/mol. The number of likely N-dealkylation sites (N-methyl/N-ethyl adjacent to an activating group) is 1. The first-order valence-corrected chi connectivity index (χ1v) is 18.3. The first-order valence-electron chi connectivity index (χ1n) is 18.3. The molecule has 0 bridgehead atoms. The van der Waals surface area contributed by atoms with Gasteiger partial charge >= 0.3 is 6.09 Å². The fraction of sp³-hybridized carbons (Fsp3) is 0.512. The molecule has 3 aliphatic rings. The first kappa shape index (κ1) is 38.1. The average molecular weight is 703 g/mol. The molecule has 2 aromatic carbocycles. The maximum absolute atomic E-state index is 13.9. The van der Waals surface area contributed by atoms with Crippen molar-refractivity contribution in [3.8, 4) is 11.5 Å². The summed E-state index contributed by atoms with van der Waals surface area (Å²) in [4.78, 5) is 21.3. The molecule has 2 aromatic rings. The molecule has 1 heterocycles. The predicted octanol–water partition coefficient (Wildman–Crippen LogP) is 7.17. The minimum Gasteiger partial charge on any atom is -0.490 e. The Morgan fingerprint density at radius 1 is 1.04 bits per heavy atom. The van der Waals surface area contributed by atoms with Gasteiger partial charge in [0, 0.05) is 38.2 Å². The van der Waals surface area contributed by atoms with Gasteiger partial charge in [-0.1, -0.05) is 73.1 Å². The van der Waals surface area contributed by atoms with Gasteiger partial charge in [0.15, 0.2) is 0 Å². The Morgan fingerprint density at radius 3 is 2.49 bits per heavy atom. The molecule has 0 aromatic heterocycles. The highest BCUT2D eigenvalue weighted by Gasteiger charge is 2.65. The van der Waals surface area contributed by atoms with Crippen LogP contribution in [0.3, 0.4) is 0 Å². The number of fused-ring (bicyclic) bond motifs is 2. The number of aliphatic hydroxyl groups excluding tert-OH is 2. The van der Waals surface area contributed by atoms with E-state index < -0.39 is 23.8 Å². The van der Waals surface area contributed by atoms with E-state index in [1.165, 1.54) is 0 Å². The zero-order chi connectivity index (χ0) is 36.2. The van der Waals surface area contributed by atoms with Gasteiger partial charge in [0.25, 0.3) is 0 Å². The lowest BCUT2D eigenvalue weighted by Crippen LogP contribution is -2.69. The lowest BCUT2D eigenvalue weighted by Gasteiger charge is -2.59. The molecule has 1 saturated carbocycles. The van der Waals surface area contributed by atoms with Gasteiger partial charge in [-0.3, -0.25) is 0 Å². The molecule has 5 rings (SSSR count). The molecule has 10 nitrogen and oxygen atoms in total. The third-order valence-corrected chi connectivity index (χ3v) is 10.3. The van der Waals surface area contributed by atoms with Gasteiger partial charge in [0.05, 0.1) is 18.2 Å². The SMILES string of the molecule is C=CCOc1ccc2c(c1)C1C(CCCCO)C(CCCCO)C=C3C(=NOCC)CC(N(C)C(=O)OCc4ccccc4)C(OCC=C)(O2)C31. The average Bonchev–Trinajstić information content (AvgIpc) is 3.15. The number of carbonyl (C=O) groups excluding carboxylic acids is 1. The molecule has 6 unspecified atom stereocenters. The molecular formula is C41H54N2O8. The van der Waals surface area contributed by atoms with Crippen molar-refractivity contribution in [2.75, 3.05) is 40.1 Å². The summed E-state index contributed by atoms with van der Waals surface area (Å²) < 4.78 is 25.9. The summed E-state index contributed by atoms with van der Waals surface area (Å²) in [6, 6.07) is 14.8. The summed E-state index contributed by atoms with van der Waals surface area (Å²) in [7, 11) is 1.73. The number of carbonyl (C=O) groups is 1.